The van der Waals surface area contributed by atoms with Crippen molar-refractivity contribution < 1.29 is 14.0 Å². The Morgan fingerprint density at radius 2 is 2.08 bits per heavy atom. The molecule has 0 radical (unpaired) electrons. The zero-order valence-electron chi connectivity index (χ0n) is 14.6. The summed E-state index contributed by atoms with van der Waals surface area (Å²) in [6.07, 6.45) is 1.52. The highest BCUT2D eigenvalue weighted by Gasteiger charge is 2.21. The maximum atomic E-state index is 12.1. The fourth-order valence-corrected chi connectivity index (χ4v) is 3.41. The van der Waals surface area contributed by atoms with E-state index >= 15 is 0 Å². The monoisotopic (exact) mass is 372 g/mol. The fraction of sp³-hybridized carbons (Fsp3) is 0.278. The molecule has 0 aliphatic heterocycles. The Morgan fingerprint density at radius 3 is 2.69 bits per heavy atom. The van der Waals surface area contributed by atoms with Crippen molar-refractivity contribution in [1.82, 2.24) is 20.4 Å². The van der Waals surface area contributed by atoms with Crippen LogP contribution in [0.2, 0.25) is 0 Å². The third-order valence-electron chi connectivity index (χ3n) is 3.93. The van der Waals surface area contributed by atoms with Gasteiger partial charge in [-0.25, -0.2) is 0 Å². The second-order valence-corrected chi connectivity index (χ2v) is 6.70. The maximum Gasteiger partial charge on any atom is 0.309 e. The predicted octanol–water partition coefficient (Wildman–Crippen LogP) is 2.18. The summed E-state index contributed by atoms with van der Waals surface area (Å²) in [6, 6.07) is 7.26. The zero-order valence-corrected chi connectivity index (χ0v) is 15.4. The number of nitrogens with zero attached hydrogens (tertiary/aromatic N) is 2. The molecule has 2 amide bonds. The lowest BCUT2D eigenvalue weighted by atomic mass is 10.1. The number of hydrogen-bond acceptors (Lipinski definition) is 5. The first-order valence-electron chi connectivity index (χ1n) is 8.18. The summed E-state index contributed by atoms with van der Waals surface area (Å²) < 4.78 is 7.00. The van der Waals surface area contributed by atoms with Gasteiger partial charge in [-0.05, 0) is 54.4 Å². The highest BCUT2D eigenvalue weighted by atomic mass is 32.1. The smallest absolute Gasteiger partial charge is 0.309 e. The molecule has 0 aliphatic rings. The Bertz CT molecular complexity index is 869. The van der Waals surface area contributed by atoms with Crippen LogP contribution < -0.4 is 10.6 Å². The lowest BCUT2D eigenvalue weighted by molar-refractivity contribution is -0.139. The Hall–Kier alpha value is -2.87. The Morgan fingerprint density at radius 1 is 1.27 bits per heavy atom. The van der Waals surface area contributed by atoms with E-state index in [-0.39, 0.29) is 19.1 Å². The molecule has 8 heteroatoms. The molecule has 136 valence electrons. The largest absolute Gasteiger partial charge is 0.467 e. The number of carbonyl (C=O) groups is 2. The van der Waals surface area contributed by atoms with Crippen molar-refractivity contribution in [3.8, 4) is 0 Å². The molecule has 0 bridgehead atoms. The maximum absolute atomic E-state index is 12.1. The Kier molecular flexibility index (Phi) is 5.52. The number of aryl methyl sites for hydroxylation is 2. The van der Waals surface area contributed by atoms with Crippen LogP contribution in [0.4, 0.5) is 0 Å². The number of nitrogens with one attached hydrogen (secondary N) is 2. The van der Waals surface area contributed by atoms with Crippen LogP contribution in [0.1, 0.15) is 28.8 Å². The van der Waals surface area contributed by atoms with Crippen molar-refractivity contribution in [2.24, 2.45) is 0 Å². The minimum Gasteiger partial charge on any atom is -0.467 e. The fourth-order valence-electron chi connectivity index (χ4n) is 2.70. The first-order chi connectivity index (χ1) is 12.5. The van der Waals surface area contributed by atoms with E-state index in [1.54, 1.807) is 23.5 Å². The van der Waals surface area contributed by atoms with E-state index in [9.17, 15) is 9.59 Å². The Labute approximate surface area is 155 Å². The molecule has 0 aliphatic carbocycles. The third kappa shape index (κ3) is 4.20. The highest BCUT2D eigenvalue weighted by Crippen LogP contribution is 2.22. The lowest BCUT2D eigenvalue weighted by Crippen LogP contribution is -2.42. The Balaban J connectivity index is 1.63. The summed E-state index contributed by atoms with van der Waals surface area (Å²) in [7, 11) is 0. The predicted molar refractivity (Wildman–Crippen MR) is 97.7 cm³/mol. The molecule has 7 nitrogen and oxygen atoms in total. The van der Waals surface area contributed by atoms with Crippen LogP contribution >= 0.6 is 11.3 Å². The average molecular weight is 372 g/mol. The normalized spacial score (nSPS) is 11.9. The number of furan rings is 1. The van der Waals surface area contributed by atoms with Gasteiger partial charge in [0.15, 0.2) is 0 Å². The number of thiophene rings is 1. The zero-order chi connectivity index (χ0) is 18.5. The van der Waals surface area contributed by atoms with Gasteiger partial charge < -0.3 is 15.1 Å². The average Bonchev–Trinajstić information content (AvgIpc) is 3.36. The molecule has 0 unspecified atom stereocenters. The molecule has 0 saturated heterocycles. The van der Waals surface area contributed by atoms with E-state index in [2.05, 4.69) is 15.7 Å². The number of aromatic nitrogens is 2. The second-order valence-electron chi connectivity index (χ2n) is 5.92. The summed E-state index contributed by atoms with van der Waals surface area (Å²) in [5.41, 5.74) is 2.94. The summed E-state index contributed by atoms with van der Waals surface area (Å²) in [6.45, 7) is 4.34. The molecule has 3 heterocycles. The minimum absolute atomic E-state index is 0.170. The highest BCUT2D eigenvalue weighted by molar-refractivity contribution is 7.08. The summed E-state index contributed by atoms with van der Waals surface area (Å²) in [5.74, 6) is -0.790. The van der Waals surface area contributed by atoms with Gasteiger partial charge in [0.05, 0.1) is 24.5 Å². The number of carbonyl (C=O) groups excluding carboxylic acids is 2. The van der Waals surface area contributed by atoms with Gasteiger partial charge in [-0.3, -0.25) is 14.3 Å². The standard InChI is InChI=1S/C18H20N4O3S/c1-12-8-13(2)22(21-12)16(14-5-7-26-11-14)10-20-18(24)17(23)19-9-15-4-3-6-25-15/h3-8,11,16H,9-10H2,1-2H3,(H,19,23)(H,20,24)/t16-/m1/s1. The van der Waals surface area contributed by atoms with Crippen molar-refractivity contribution in [2.45, 2.75) is 26.4 Å². The van der Waals surface area contributed by atoms with Crippen molar-refractivity contribution in [2.75, 3.05) is 6.54 Å². The first kappa shape index (κ1) is 17.9. The third-order valence-corrected chi connectivity index (χ3v) is 4.63. The van der Waals surface area contributed by atoms with Crippen LogP contribution in [0.25, 0.3) is 0 Å². The molecule has 3 rings (SSSR count). The topological polar surface area (TPSA) is 89.2 Å². The van der Waals surface area contributed by atoms with Crippen molar-refractivity contribution in [1.29, 1.82) is 0 Å². The molecule has 0 aromatic carbocycles. The SMILES string of the molecule is Cc1cc(C)n([C@H](CNC(=O)C(=O)NCc2ccco2)c2ccsc2)n1. The van der Waals surface area contributed by atoms with Crippen molar-refractivity contribution in [3.05, 3.63) is 64.0 Å². The van der Waals surface area contributed by atoms with E-state index in [0.29, 0.717) is 5.76 Å². The quantitative estimate of drug-likeness (QED) is 0.649. The molecule has 0 fully saturated rings. The molecule has 3 aromatic rings. The van der Waals surface area contributed by atoms with Gasteiger partial charge in [0.1, 0.15) is 5.76 Å². The van der Waals surface area contributed by atoms with Crippen LogP contribution in [0.5, 0.6) is 0 Å². The summed E-state index contributed by atoms with van der Waals surface area (Å²) in [5, 5.41) is 13.7. The second kappa shape index (κ2) is 8.01. The van der Waals surface area contributed by atoms with Gasteiger partial charge in [0.25, 0.3) is 0 Å². The number of rotatable bonds is 6. The van der Waals surface area contributed by atoms with Crippen LogP contribution in [-0.2, 0) is 16.1 Å². The van der Waals surface area contributed by atoms with Gasteiger partial charge in [0, 0.05) is 12.2 Å². The molecule has 0 spiro atoms. The van der Waals surface area contributed by atoms with Crippen LogP contribution in [-0.4, -0.2) is 28.1 Å². The first-order valence-corrected chi connectivity index (χ1v) is 9.12. The molecule has 0 saturated carbocycles. The van der Waals surface area contributed by atoms with E-state index in [4.69, 9.17) is 4.42 Å². The summed E-state index contributed by atoms with van der Waals surface area (Å²) in [4.78, 5) is 24.1. The van der Waals surface area contributed by atoms with Gasteiger partial charge >= 0.3 is 11.8 Å². The summed E-state index contributed by atoms with van der Waals surface area (Å²) >= 11 is 1.58. The van der Waals surface area contributed by atoms with E-state index in [0.717, 1.165) is 17.0 Å². The van der Waals surface area contributed by atoms with Gasteiger partial charge in [0.2, 0.25) is 0 Å². The molecular formula is C18H20N4O3S. The van der Waals surface area contributed by atoms with Crippen molar-refractivity contribution in [3.63, 3.8) is 0 Å². The molecule has 1 atom stereocenters. The van der Waals surface area contributed by atoms with Crippen LogP contribution in [0.3, 0.4) is 0 Å². The van der Waals surface area contributed by atoms with Crippen LogP contribution in [0.15, 0.2) is 45.7 Å². The van der Waals surface area contributed by atoms with E-state index < -0.39 is 11.8 Å². The number of hydrogen-bond donors (Lipinski definition) is 2. The minimum atomic E-state index is -0.696. The molecular weight excluding hydrogens is 352 g/mol. The van der Waals surface area contributed by atoms with Crippen molar-refractivity contribution >= 4 is 23.2 Å². The van der Waals surface area contributed by atoms with E-state index in [1.165, 1.54) is 6.26 Å². The number of amides is 2. The van der Waals surface area contributed by atoms with Crippen LogP contribution in [0, 0.1) is 13.8 Å². The van der Waals surface area contributed by atoms with Gasteiger partial charge in [-0.2, -0.15) is 16.4 Å². The molecule has 26 heavy (non-hydrogen) atoms. The lowest BCUT2D eigenvalue weighted by Gasteiger charge is -2.19. The molecule has 2 N–H and O–H groups in total. The van der Waals surface area contributed by atoms with Gasteiger partial charge in [-0.1, -0.05) is 0 Å². The van der Waals surface area contributed by atoms with Gasteiger partial charge in [-0.15, -0.1) is 0 Å². The molecule has 3 aromatic heterocycles. The van der Waals surface area contributed by atoms with E-state index in [1.807, 2.05) is 41.4 Å².